The largest absolute Gasteiger partial charge is 0.465 e. The number of amides is 1. The van der Waals surface area contributed by atoms with Gasteiger partial charge in [0.05, 0.1) is 18.2 Å². The van der Waals surface area contributed by atoms with Crippen molar-refractivity contribution in [3.05, 3.63) is 29.3 Å². The first-order valence-corrected chi connectivity index (χ1v) is 6.25. The minimum atomic E-state index is -0.729. The van der Waals surface area contributed by atoms with Gasteiger partial charge in [-0.05, 0) is 49.9 Å². The van der Waals surface area contributed by atoms with Crippen LogP contribution in [0, 0.1) is 6.92 Å². The van der Waals surface area contributed by atoms with Crippen molar-refractivity contribution in [1.82, 2.24) is 0 Å². The van der Waals surface area contributed by atoms with E-state index in [-0.39, 0.29) is 5.91 Å². The van der Waals surface area contributed by atoms with Crippen LogP contribution in [0.3, 0.4) is 0 Å². The average Bonchev–Trinajstić information content (AvgIpc) is 2.37. The molecule has 19 heavy (non-hydrogen) atoms. The van der Waals surface area contributed by atoms with Crippen LogP contribution < -0.4 is 11.1 Å². The van der Waals surface area contributed by atoms with E-state index in [0.29, 0.717) is 11.3 Å². The topological polar surface area (TPSA) is 81.4 Å². The number of ether oxygens (including phenoxy) is 1. The van der Waals surface area contributed by atoms with Crippen LogP contribution in [0.25, 0.3) is 0 Å². The van der Waals surface area contributed by atoms with E-state index in [1.165, 1.54) is 7.11 Å². The lowest BCUT2D eigenvalue weighted by Crippen LogP contribution is -2.56. The van der Waals surface area contributed by atoms with Gasteiger partial charge in [0.2, 0.25) is 5.91 Å². The van der Waals surface area contributed by atoms with Gasteiger partial charge in [-0.1, -0.05) is 0 Å². The second-order valence-electron chi connectivity index (χ2n) is 4.99. The van der Waals surface area contributed by atoms with Gasteiger partial charge in [-0.2, -0.15) is 0 Å². The van der Waals surface area contributed by atoms with Gasteiger partial charge in [0.1, 0.15) is 0 Å². The Kier molecular flexibility index (Phi) is 3.57. The second-order valence-corrected chi connectivity index (χ2v) is 4.99. The van der Waals surface area contributed by atoms with Gasteiger partial charge in [-0.25, -0.2) is 4.79 Å². The number of methoxy groups -OCH3 is 1. The van der Waals surface area contributed by atoms with Crippen LogP contribution in [0.4, 0.5) is 5.69 Å². The van der Waals surface area contributed by atoms with E-state index < -0.39 is 11.5 Å². The third-order valence-electron chi connectivity index (χ3n) is 3.59. The van der Waals surface area contributed by atoms with E-state index in [0.717, 1.165) is 24.8 Å². The molecule has 0 unspecified atom stereocenters. The van der Waals surface area contributed by atoms with Crippen molar-refractivity contribution < 1.29 is 14.3 Å². The molecular weight excluding hydrogens is 244 g/mol. The van der Waals surface area contributed by atoms with Gasteiger partial charge in [0.25, 0.3) is 0 Å². The van der Waals surface area contributed by atoms with Crippen LogP contribution >= 0.6 is 0 Å². The number of nitrogens with one attached hydrogen (secondary N) is 1. The third-order valence-corrected chi connectivity index (χ3v) is 3.59. The Balaban J connectivity index is 2.13. The first kappa shape index (κ1) is 13.5. The summed E-state index contributed by atoms with van der Waals surface area (Å²) >= 11 is 0. The molecular formula is C14H18N2O3. The number of nitrogens with two attached hydrogens (primary N) is 1. The number of anilines is 1. The highest BCUT2D eigenvalue weighted by Gasteiger charge is 2.40. The molecule has 1 aromatic rings. The minimum absolute atomic E-state index is 0.160. The molecule has 0 aromatic heterocycles. The third kappa shape index (κ3) is 2.61. The summed E-state index contributed by atoms with van der Waals surface area (Å²) in [6.07, 6.45) is 2.43. The highest BCUT2D eigenvalue weighted by molar-refractivity contribution is 5.99. The summed E-state index contributed by atoms with van der Waals surface area (Å²) in [5.74, 6) is -0.553. The lowest BCUT2D eigenvalue weighted by Gasteiger charge is -2.36. The van der Waals surface area contributed by atoms with E-state index in [2.05, 4.69) is 10.1 Å². The SMILES string of the molecule is COC(=O)c1ccc(NC(=O)C2(N)CCC2)c(C)c1. The van der Waals surface area contributed by atoms with Crippen LogP contribution in [0.15, 0.2) is 18.2 Å². The van der Waals surface area contributed by atoms with Crippen molar-refractivity contribution in [2.75, 3.05) is 12.4 Å². The Hall–Kier alpha value is -1.88. The second kappa shape index (κ2) is 5.01. The zero-order valence-electron chi connectivity index (χ0n) is 11.2. The van der Waals surface area contributed by atoms with Crippen molar-refractivity contribution in [3.8, 4) is 0 Å². The first-order valence-electron chi connectivity index (χ1n) is 6.25. The molecule has 1 amide bonds. The van der Waals surface area contributed by atoms with Gasteiger partial charge in [0.15, 0.2) is 0 Å². The summed E-state index contributed by atoms with van der Waals surface area (Å²) in [6, 6.07) is 5.01. The number of carbonyl (C=O) groups excluding carboxylic acids is 2. The number of hydrogen-bond donors (Lipinski definition) is 2. The highest BCUT2D eigenvalue weighted by atomic mass is 16.5. The van der Waals surface area contributed by atoms with Crippen LogP contribution in [0.1, 0.15) is 35.2 Å². The minimum Gasteiger partial charge on any atom is -0.465 e. The number of esters is 1. The molecule has 1 aliphatic carbocycles. The Morgan fingerprint density at radius 2 is 2.05 bits per heavy atom. The summed E-state index contributed by atoms with van der Waals surface area (Å²) in [6.45, 7) is 1.83. The summed E-state index contributed by atoms with van der Waals surface area (Å²) in [5.41, 5.74) is 7.17. The van der Waals surface area contributed by atoms with Crippen LogP contribution in [-0.4, -0.2) is 24.5 Å². The maximum atomic E-state index is 12.0. The molecule has 1 aliphatic rings. The molecule has 0 aliphatic heterocycles. The molecule has 0 spiro atoms. The van der Waals surface area contributed by atoms with Crippen LogP contribution in [0.5, 0.6) is 0 Å². The molecule has 5 heteroatoms. The standard InChI is InChI=1S/C14H18N2O3/c1-9-8-10(12(17)19-2)4-5-11(9)16-13(18)14(15)6-3-7-14/h4-5,8H,3,6-7,15H2,1-2H3,(H,16,18). The van der Waals surface area contributed by atoms with Crippen LogP contribution in [-0.2, 0) is 9.53 Å². The predicted octanol–water partition coefficient (Wildman–Crippen LogP) is 1.60. The zero-order chi connectivity index (χ0) is 14.0. The molecule has 1 saturated carbocycles. The number of hydrogen-bond acceptors (Lipinski definition) is 4. The van der Waals surface area contributed by atoms with Crippen molar-refractivity contribution >= 4 is 17.6 Å². The number of aryl methyl sites for hydroxylation is 1. The summed E-state index contributed by atoms with van der Waals surface area (Å²) in [7, 11) is 1.34. The average molecular weight is 262 g/mol. The fraction of sp³-hybridized carbons (Fsp3) is 0.429. The summed E-state index contributed by atoms with van der Waals surface area (Å²) in [4.78, 5) is 23.4. The van der Waals surface area contributed by atoms with Crippen molar-refractivity contribution in [1.29, 1.82) is 0 Å². The Morgan fingerprint density at radius 3 is 2.53 bits per heavy atom. The van der Waals surface area contributed by atoms with E-state index in [4.69, 9.17) is 5.73 Å². The van der Waals surface area contributed by atoms with Crippen LogP contribution in [0.2, 0.25) is 0 Å². The summed E-state index contributed by atoms with van der Waals surface area (Å²) in [5, 5.41) is 2.82. The molecule has 3 N–H and O–H groups in total. The smallest absolute Gasteiger partial charge is 0.337 e. The fourth-order valence-electron chi connectivity index (χ4n) is 2.08. The molecule has 0 radical (unpaired) electrons. The molecule has 1 fully saturated rings. The molecule has 102 valence electrons. The highest BCUT2D eigenvalue weighted by Crippen LogP contribution is 2.30. The maximum absolute atomic E-state index is 12.0. The molecule has 5 nitrogen and oxygen atoms in total. The molecule has 1 aromatic carbocycles. The molecule has 0 heterocycles. The molecule has 0 bridgehead atoms. The molecule has 0 saturated heterocycles. The van der Waals surface area contributed by atoms with Gasteiger partial charge in [0, 0.05) is 5.69 Å². The number of carbonyl (C=O) groups is 2. The lowest BCUT2D eigenvalue weighted by atomic mass is 9.77. The Bertz CT molecular complexity index is 521. The molecule has 2 rings (SSSR count). The zero-order valence-corrected chi connectivity index (χ0v) is 11.2. The Labute approximate surface area is 112 Å². The van der Waals surface area contributed by atoms with Gasteiger partial charge in [-0.3, -0.25) is 4.79 Å². The normalized spacial score (nSPS) is 16.4. The Morgan fingerprint density at radius 1 is 1.37 bits per heavy atom. The maximum Gasteiger partial charge on any atom is 0.337 e. The van der Waals surface area contributed by atoms with Crippen molar-refractivity contribution in [2.45, 2.75) is 31.7 Å². The summed E-state index contributed by atoms with van der Waals surface area (Å²) < 4.78 is 4.65. The van der Waals surface area contributed by atoms with Crippen molar-refractivity contribution in [3.63, 3.8) is 0 Å². The predicted molar refractivity (Wildman–Crippen MR) is 71.9 cm³/mol. The van der Waals surface area contributed by atoms with E-state index in [1.807, 2.05) is 6.92 Å². The number of benzene rings is 1. The molecule has 0 atom stereocenters. The van der Waals surface area contributed by atoms with Gasteiger partial charge < -0.3 is 15.8 Å². The van der Waals surface area contributed by atoms with E-state index >= 15 is 0 Å². The quantitative estimate of drug-likeness (QED) is 0.811. The van der Waals surface area contributed by atoms with Crippen molar-refractivity contribution in [2.24, 2.45) is 5.73 Å². The number of rotatable bonds is 3. The monoisotopic (exact) mass is 262 g/mol. The van der Waals surface area contributed by atoms with Gasteiger partial charge in [-0.15, -0.1) is 0 Å². The van der Waals surface area contributed by atoms with Gasteiger partial charge >= 0.3 is 5.97 Å². The first-order chi connectivity index (χ1) is 8.96. The lowest BCUT2D eigenvalue weighted by molar-refractivity contribution is -0.123. The van der Waals surface area contributed by atoms with E-state index in [9.17, 15) is 9.59 Å². The fourth-order valence-corrected chi connectivity index (χ4v) is 2.08. The van der Waals surface area contributed by atoms with E-state index in [1.54, 1.807) is 18.2 Å².